The van der Waals surface area contributed by atoms with E-state index in [-0.39, 0.29) is 31.2 Å². The van der Waals surface area contributed by atoms with Gasteiger partial charge in [0.15, 0.2) is 0 Å². The van der Waals surface area contributed by atoms with Crippen molar-refractivity contribution in [1.29, 1.82) is 0 Å². The monoisotopic (exact) mass is 979 g/mol. The maximum atomic E-state index is 15.3. The van der Waals surface area contributed by atoms with E-state index in [0.29, 0.717) is 11.3 Å². The van der Waals surface area contributed by atoms with E-state index in [0.717, 1.165) is 59.2 Å². The van der Waals surface area contributed by atoms with Crippen LogP contribution in [-0.2, 0) is 32.9 Å². The SMILES string of the molecule is Cc1cc(-c2[c-]cccc2)nc[c]1[Ge]([CH3])([CH3])[CH3].[2H]C([2H])(c1ccccc1)C([2H])([2H])c1cc(-c2[c-]c3ccccc3c3c2sc2cc4cc(C)ccc4cc23)ncc1F.[Ir]. The number of nitrogens with zero attached hydrogens (tertiary/aromatic N) is 2. The van der Waals surface area contributed by atoms with Crippen LogP contribution in [0.5, 0.6) is 0 Å². The third kappa shape index (κ3) is 8.22. The zero-order valence-electron chi connectivity index (χ0n) is 35.2. The van der Waals surface area contributed by atoms with Crippen LogP contribution in [0.2, 0.25) is 17.3 Å². The number of aryl methyl sites for hydroxylation is 4. The van der Waals surface area contributed by atoms with Gasteiger partial charge in [-0.1, -0.05) is 94.7 Å². The fraction of sp³-hybridized carbons (Fsp3) is 0.143. The number of rotatable bonds is 6. The van der Waals surface area contributed by atoms with Gasteiger partial charge in [0.2, 0.25) is 0 Å². The summed E-state index contributed by atoms with van der Waals surface area (Å²) in [5, 5.41) is 6.35. The molecule has 0 amide bonds. The molecule has 9 rings (SSSR count). The van der Waals surface area contributed by atoms with Gasteiger partial charge in [-0.15, -0.1) is 17.5 Å². The first-order valence-corrected chi connectivity index (χ1v) is 26.2. The van der Waals surface area contributed by atoms with Crippen molar-refractivity contribution in [1.82, 2.24) is 9.97 Å². The molecule has 0 N–H and O–H groups in total. The molecule has 9 aromatic rings. The van der Waals surface area contributed by atoms with E-state index >= 15 is 4.39 Å². The summed E-state index contributed by atoms with van der Waals surface area (Å²) in [5.41, 5.74) is 5.39. The predicted molar refractivity (Wildman–Crippen MR) is 231 cm³/mol. The number of pyridine rings is 2. The van der Waals surface area contributed by atoms with Gasteiger partial charge in [-0.25, -0.2) is 4.39 Å². The van der Waals surface area contributed by atoms with Gasteiger partial charge in [-0.3, -0.25) is 4.98 Å². The zero-order valence-corrected chi connectivity index (χ0v) is 36.5. The number of hydrogen-bond acceptors (Lipinski definition) is 3. The summed E-state index contributed by atoms with van der Waals surface area (Å²) in [6.07, 6.45) is -2.11. The molecule has 2 nitrogen and oxygen atoms in total. The Labute approximate surface area is 348 Å². The van der Waals surface area contributed by atoms with Crippen molar-refractivity contribution in [2.45, 2.75) is 43.9 Å². The minimum absolute atomic E-state index is 0. The molecule has 0 saturated carbocycles. The first-order valence-electron chi connectivity index (χ1n) is 20.0. The fourth-order valence-corrected chi connectivity index (χ4v) is 11.8. The smallest absolute Gasteiger partial charge is 0.143 e. The Morgan fingerprint density at radius 3 is 2.27 bits per heavy atom. The Balaban J connectivity index is 0.000000247. The van der Waals surface area contributed by atoms with Crippen LogP contribution in [0.1, 0.15) is 27.7 Å². The number of benzene rings is 6. The van der Waals surface area contributed by atoms with Crippen LogP contribution >= 0.6 is 11.3 Å². The molecule has 55 heavy (non-hydrogen) atoms. The van der Waals surface area contributed by atoms with Gasteiger partial charge in [-0.2, -0.15) is 11.3 Å². The molecular formula is C49H41FGeIrN2S-2. The average Bonchev–Trinajstić information content (AvgIpc) is 3.58. The number of fused-ring (bicyclic) bond motifs is 6. The summed E-state index contributed by atoms with van der Waals surface area (Å²) in [7, 11) is 0. The normalized spacial score (nSPS) is 13.1. The summed E-state index contributed by atoms with van der Waals surface area (Å²) < 4.78 is 53.7. The molecule has 275 valence electrons. The van der Waals surface area contributed by atoms with Gasteiger partial charge in [0.05, 0.1) is 6.20 Å². The summed E-state index contributed by atoms with van der Waals surface area (Å²) in [6.45, 7) is 4.27. The first-order chi connectivity index (χ1) is 27.6. The molecule has 0 saturated heterocycles. The summed E-state index contributed by atoms with van der Waals surface area (Å²) in [6, 6.07) is 45.1. The summed E-state index contributed by atoms with van der Waals surface area (Å²) in [5.74, 6) is 6.31. The second-order valence-corrected chi connectivity index (χ2v) is 26.3. The second kappa shape index (κ2) is 16.3. The Kier molecular flexibility index (Phi) is 10.0. The molecule has 3 heterocycles. The fourth-order valence-electron chi connectivity index (χ4n) is 6.96. The third-order valence-corrected chi connectivity index (χ3v) is 15.3. The molecule has 6 aromatic carbocycles. The molecule has 0 aliphatic carbocycles. The number of aromatic nitrogens is 2. The minimum atomic E-state index is -2.68. The van der Waals surface area contributed by atoms with Crippen molar-refractivity contribution >= 4 is 70.7 Å². The van der Waals surface area contributed by atoms with Crippen molar-refractivity contribution in [2.24, 2.45) is 0 Å². The van der Waals surface area contributed by atoms with Crippen LogP contribution in [0.4, 0.5) is 4.39 Å². The Morgan fingerprint density at radius 1 is 0.745 bits per heavy atom. The topological polar surface area (TPSA) is 25.8 Å². The maximum Gasteiger partial charge on any atom is 0.143 e. The summed E-state index contributed by atoms with van der Waals surface area (Å²) in [4.78, 5) is 8.97. The van der Waals surface area contributed by atoms with E-state index in [2.05, 4.69) is 108 Å². The quantitative estimate of drug-likeness (QED) is 0.123. The third-order valence-electron chi connectivity index (χ3n) is 9.62. The molecule has 0 aliphatic rings. The first kappa shape index (κ1) is 33.8. The van der Waals surface area contributed by atoms with Gasteiger partial charge in [-0.05, 0) is 63.8 Å². The standard InChI is InChI=1S/C34H23FNS.C15H18GeN.Ir/c1-21-11-13-23-16-29-32(19-26(23)15-21)37-34-28(17-24-9-5-6-10-27(24)33(29)34)31-18-25(30(35)20-36-31)14-12-22-7-3-2-4-8-22;1-12-10-15(13-8-6-5-7-9-13)17-11-14(12)16(2,3)4;/h2-11,13,15-16,18-20H,12,14H2,1H3;5-8,10-11H,1-4H3;/q2*-1;/i12D2,14D2;;. The van der Waals surface area contributed by atoms with E-state index in [1.807, 2.05) is 36.4 Å². The molecule has 0 atom stereocenters. The van der Waals surface area contributed by atoms with E-state index in [1.54, 1.807) is 29.5 Å². The Morgan fingerprint density at radius 2 is 1.51 bits per heavy atom. The van der Waals surface area contributed by atoms with Crippen molar-refractivity contribution in [2.75, 3.05) is 0 Å². The number of thiophene rings is 1. The minimum Gasteiger partial charge on any atom is -0.292 e. The van der Waals surface area contributed by atoms with Crippen molar-refractivity contribution in [3.63, 3.8) is 0 Å². The van der Waals surface area contributed by atoms with Crippen molar-refractivity contribution in [3.8, 4) is 22.5 Å². The molecule has 0 aliphatic heterocycles. The molecule has 0 fully saturated rings. The molecule has 0 bridgehead atoms. The number of halogens is 1. The average molecular weight is 978 g/mol. The largest absolute Gasteiger partial charge is 0.292 e. The van der Waals surface area contributed by atoms with E-state index in [9.17, 15) is 0 Å². The van der Waals surface area contributed by atoms with Gasteiger partial charge < -0.3 is 0 Å². The Bertz CT molecular complexity index is 2990. The van der Waals surface area contributed by atoms with Gasteiger partial charge in [0.25, 0.3) is 0 Å². The van der Waals surface area contributed by atoms with E-state index in [1.165, 1.54) is 33.7 Å². The van der Waals surface area contributed by atoms with Crippen molar-refractivity contribution < 1.29 is 30.0 Å². The van der Waals surface area contributed by atoms with Crippen LogP contribution < -0.4 is 4.40 Å². The predicted octanol–water partition coefficient (Wildman–Crippen LogP) is 12.9. The maximum absolute atomic E-state index is 15.3. The molecule has 6 heteroatoms. The van der Waals surface area contributed by atoms with Crippen LogP contribution in [-0.4, -0.2) is 23.2 Å². The van der Waals surface area contributed by atoms with Gasteiger partial charge in [0.1, 0.15) is 5.82 Å². The van der Waals surface area contributed by atoms with E-state index in [4.69, 9.17) is 5.48 Å². The van der Waals surface area contributed by atoms with E-state index < -0.39 is 31.8 Å². The number of hydrogen-bond donors (Lipinski definition) is 0. The Hall–Kier alpha value is -4.52. The van der Waals surface area contributed by atoms with Crippen LogP contribution in [0.3, 0.4) is 0 Å². The van der Waals surface area contributed by atoms with Crippen LogP contribution in [0, 0.1) is 31.8 Å². The molecule has 0 spiro atoms. The van der Waals surface area contributed by atoms with Crippen LogP contribution in [0.25, 0.3) is 64.2 Å². The molecular weight excluding hydrogens is 932 g/mol. The molecule has 0 unspecified atom stereocenters. The van der Waals surface area contributed by atoms with Gasteiger partial charge in [0, 0.05) is 36.0 Å². The second-order valence-electron chi connectivity index (χ2n) is 14.6. The molecule has 3 aromatic heterocycles. The van der Waals surface area contributed by atoms with Crippen LogP contribution in [0.15, 0.2) is 134 Å². The van der Waals surface area contributed by atoms with Gasteiger partial charge >= 0.3 is 106 Å². The van der Waals surface area contributed by atoms with Crippen molar-refractivity contribution in [3.05, 3.63) is 174 Å². The molecule has 1 radical (unpaired) electrons. The summed E-state index contributed by atoms with van der Waals surface area (Å²) >= 11 is -0.167. The zero-order chi connectivity index (χ0) is 41.0.